The van der Waals surface area contributed by atoms with E-state index in [4.69, 9.17) is 9.47 Å². The van der Waals surface area contributed by atoms with E-state index < -0.39 is 16.0 Å². The van der Waals surface area contributed by atoms with Gasteiger partial charge in [0.15, 0.2) is 17.3 Å². The summed E-state index contributed by atoms with van der Waals surface area (Å²) in [5.41, 5.74) is 0.397. The monoisotopic (exact) mass is 303 g/mol. The number of ether oxygens (including phenoxy) is 2. The molecule has 0 amide bonds. The second kappa shape index (κ2) is 6.47. The molecule has 0 saturated carbocycles. The third-order valence-corrected chi connectivity index (χ3v) is 2.93. The first-order valence-corrected chi connectivity index (χ1v) is 7.05. The number of rotatable bonds is 6. The number of benzene rings is 1. The van der Waals surface area contributed by atoms with Gasteiger partial charge in [-0.2, -0.15) is 8.42 Å². The summed E-state index contributed by atoms with van der Waals surface area (Å²) in [7, 11) is -1.82. The number of ketones is 1. The van der Waals surface area contributed by atoms with Crippen LogP contribution in [0.3, 0.4) is 0 Å². The first-order valence-electron chi connectivity index (χ1n) is 5.50. The summed E-state index contributed by atoms with van der Waals surface area (Å²) < 4.78 is 43.3. The smallest absolute Gasteiger partial charge is 0.307 e. The van der Waals surface area contributed by atoms with Crippen LogP contribution in [0.25, 0.3) is 0 Å². The molecule has 1 rings (SSSR count). The SMILES string of the molecule is COc1cc(N=CCS(=O)(=O)F)c(C(C)=O)cc1OC. The number of hydrogen-bond acceptors (Lipinski definition) is 6. The molecule has 0 bridgehead atoms. The second-order valence-corrected chi connectivity index (χ2v) is 5.21. The highest BCUT2D eigenvalue weighted by molar-refractivity contribution is 7.87. The van der Waals surface area contributed by atoms with Crippen molar-refractivity contribution in [3.8, 4) is 11.5 Å². The molecule has 0 aliphatic rings. The van der Waals surface area contributed by atoms with E-state index in [2.05, 4.69) is 4.99 Å². The number of carbonyl (C=O) groups excluding carboxylic acids is 1. The van der Waals surface area contributed by atoms with E-state index in [1.807, 2.05) is 0 Å². The zero-order chi connectivity index (χ0) is 15.3. The van der Waals surface area contributed by atoms with E-state index in [9.17, 15) is 17.1 Å². The van der Waals surface area contributed by atoms with Crippen molar-refractivity contribution in [3.63, 3.8) is 0 Å². The van der Waals surface area contributed by atoms with Gasteiger partial charge < -0.3 is 9.47 Å². The minimum atomic E-state index is -4.65. The molecule has 0 fully saturated rings. The maximum atomic E-state index is 12.4. The van der Waals surface area contributed by atoms with Crippen molar-refractivity contribution >= 4 is 27.9 Å². The van der Waals surface area contributed by atoms with Crippen LogP contribution in [0, 0.1) is 0 Å². The molecule has 20 heavy (non-hydrogen) atoms. The quantitative estimate of drug-likeness (QED) is 0.455. The van der Waals surface area contributed by atoms with Gasteiger partial charge in [-0.15, -0.1) is 3.89 Å². The lowest BCUT2D eigenvalue weighted by Gasteiger charge is -2.10. The highest BCUT2D eigenvalue weighted by atomic mass is 32.3. The van der Waals surface area contributed by atoms with Crippen molar-refractivity contribution in [3.05, 3.63) is 17.7 Å². The van der Waals surface area contributed by atoms with E-state index in [-0.39, 0.29) is 17.0 Å². The van der Waals surface area contributed by atoms with Crippen molar-refractivity contribution in [2.24, 2.45) is 4.99 Å². The molecule has 0 saturated heterocycles. The molecule has 0 unspecified atom stereocenters. The molecule has 1 aromatic rings. The molecule has 0 N–H and O–H groups in total. The van der Waals surface area contributed by atoms with E-state index in [0.717, 1.165) is 6.21 Å². The third-order valence-electron chi connectivity index (χ3n) is 2.39. The number of aliphatic imine (C=N–C) groups is 1. The molecule has 0 aliphatic heterocycles. The van der Waals surface area contributed by atoms with E-state index in [1.54, 1.807) is 0 Å². The van der Waals surface area contributed by atoms with Crippen LogP contribution < -0.4 is 9.47 Å². The first kappa shape index (κ1) is 16.1. The van der Waals surface area contributed by atoms with Gasteiger partial charge in [0.25, 0.3) is 0 Å². The summed E-state index contributed by atoms with van der Waals surface area (Å²) in [6, 6.07) is 2.84. The first-order chi connectivity index (χ1) is 9.28. The summed E-state index contributed by atoms with van der Waals surface area (Å²) in [4.78, 5) is 15.3. The molecular formula is C12H14FNO5S. The Morgan fingerprint density at radius 1 is 1.30 bits per heavy atom. The van der Waals surface area contributed by atoms with Crippen LogP contribution in [-0.2, 0) is 10.2 Å². The average Bonchev–Trinajstić information content (AvgIpc) is 2.36. The molecule has 0 aromatic heterocycles. The highest BCUT2D eigenvalue weighted by Crippen LogP contribution is 2.34. The predicted molar refractivity (Wildman–Crippen MR) is 72.6 cm³/mol. The highest BCUT2D eigenvalue weighted by Gasteiger charge is 2.14. The molecule has 0 atom stereocenters. The van der Waals surface area contributed by atoms with Crippen molar-refractivity contribution in [1.82, 2.24) is 0 Å². The summed E-state index contributed by atoms with van der Waals surface area (Å²) in [6.07, 6.45) is 0.878. The maximum Gasteiger partial charge on any atom is 0.307 e. The van der Waals surface area contributed by atoms with Gasteiger partial charge in [-0.1, -0.05) is 0 Å². The second-order valence-electron chi connectivity index (χ2n) is 3.80. The van der Waals surface area contributed by atoms with Crippen LogP contribution in [0.2, 0.25) is 0 Å². The summed E-state index contributed by atoms with van der Waals surface area (Å²) in [5, 5.41) is 0. The zero-order valence-corrected chi connectivity index (χ0v) is 12.0. The topological polar surface area (TPSA) is 82.0 Å². The number of carbonyl (C=O) groups is 1. The van der Waals surface area contributed by atoms with Crippen molar-refractivity contribution < 1.29 is 26.6 Å². The zero-order valence-electron chi connectivity index (χ0n) is 11.2. The van der Waals surface area contributed by atoms with Gasteiger partial charge >= 0.3 is 10.2 Å². The van der Waals surface area contributed by atoms with Gasteiger partial charge in [0, 0.05) is 17.8 Å². The van der Waals surface area contributed by atoms with Crippen LogP contribution in [0.15, 0.2) is 17.1 Å². The van der Waals surface area contributed by atoms with Gasteiger partial charge in [0.1, 0.15) is 5.75 Å². The lowest BCUT2D eigenvalue weighted by Crippen LogP contribution is -2.00. The normalized spacial score (nSPS) is 11.6. The molecule has 0 spiro atoms. The fraction of sp³-hybridized carbons (Fsp3) is 0.333. The van der Waals surface area contributed by atoms with E-state index in [1.165, 1.54) is 33.3 Å². The Morgan fingerprint density at radius 3 is 2.30 bits per heavy atom. The number of methoxy groups -OCH3 is 2. The summed E-state index contributed by atoms with van der Waals surface area (Å²) in [5.74, 6) is -0.484. The number of hydrogen-bond donors (Lipinski definition) is 0. The fourth-order valence-corrected chi connectivity index (χ4v) is 1.73. The van der Waals surface area contributed by atoms with Gasteiger partial charge in [-0.3, -0.25) is 9.79 Å². The van der Waals surface area contributed by atoms with E-state index in [0.29, 0.717) is 11.5 Å². The third kappa shape index (κ3) is 4.30. The lowest BCUT2D eigenvalue weighted by atomic mass is 10.1. The Morgan fingerprint density at radius 2 is 1.85 bits per heavy atom. The number of Topliss-reactive ketones (excluding diaryl/α,β-unsaturated/α-hetero) is 1. The lowest BCUT2D eigenvalue weighted by molar-refractivity contribution is 0.101. The minimum Gasteiger partial charge on any atom is -0.493 e. The van der Waals surface area contributed by atoms with Crippen LogP contribution in [0.4, 0.5) is 9.57 Å². The molecule has 0 radical (unpaired) electrons. The maximum absolute atomic E-state index is 12.4. The van der Waals surface area contributed by atoms with Crippen molar-refractivity contribution in [2.75, 3.05) is 20.0 Å². The molecule has 110 valence electrons. The minimum absolute atomic E-state index is 0.179. The van der Waals surface area contributed by atoms with Crippen molar-refractivity contribution in [1.29, 1.82) is 0 Å². The fourth-order valence-electron chi connectivity index (χ4n) is 1.48. The van der Waals surface area contributed by atoms with Crippen molar-refractivity contribution in [2.45, 2.75) is 6.92 Å². The molecule has 8 heteroatoms. The van der Waals surface area contributed by atoms with Crippen LogP contribution in [-0.4, -0.2) is 40.4 Å². The van der Waals surface area contributed by atoms with E-state index >= 15 is 0 Å². The van der Waals surface area contributed by atoms with Crippen LogP contribution in [0.1, 0.15) is 17.3 Å². The molecule has 6 nitrogen and oxygen atoms in total. The molecule has 0 heterocycles. The standard InChI is InChI=1S/C12H14FNO5S/c1-8(15)9-6-11(18-2)12(19-3)7-10(9)14-4-5-20(13,16)17/h4,6-7H,5H2,1-3H3. The average molecular weight is 303 g/mol. The largest absolute Gasteiger partial charge is 0.493 e. The van der Waals surface area contributed by atoms with Gasteiger partial charge in [-0.05, 0) is 13.0 Å². The Bertz CT molecular complexity index is 639. The summed E-state index contributed by atoms with van der Waals surface area (Å²) in [6.45, 7) is 1.33. The Labute approximate surface area is 116 Å². The van der Waals surface area contributed by atoms with Crippen LogP contribution >= 0.6 is 0 Å². The molecule has 1 aromatic carbocycles. The van der Waals surface area contributed by atoms with Gasteiger partial charge in [0.2, 0.25) is 0 Å². The summed E-state index contributed by atoms with van der Waals surface area (Å²) >= 11 is 0. The Balaban J connectivity index is 3.26. The number of nitrogens with zero attached hydrogens (tertiary/aromatic N) is 1. The molecular weight excluding hydrogens is 289 g/mol. The van der Waals surface area contributed by atoms with Crippen LogP contribution in [0.5, 0.6) is 11.5 Å². The Hall–Kier alpha value is -1.96. The van der Waals surface area contributed by atoms with Gasteiger partial charge in [-0.25, -0.2) is 0 Å². The predicted octanol–water partition coefficient (Wildman–Crippen LogP) is 1.91. The number of halogens is 1. The molecule has 0 aliphatic carbocycles. The van der Waals surface area contributed by atoms with Gasteiger partial charge in [0.05, 0.1) is 19.9 Å². The Kier molecular flexibility index (Phi) is 5.20.